The maximum absolute atomic E-state index is 12.5. The quantitative estimate of drug-likeness (QED) is 0.694. The highest BCUT2D eigenvalue weighted by molar-refractivity contribution is 5.06. The van der Waals surface area contributed by atoms with E-state index in [4.69, 9.17) is 5.11 Å². The summed E-state index contributed by atoms with van der Waals surface area (Å²) in [5, 5.41) is 8.93. The molecule has 0 amide bonds. The second-order valence-corrected chi connectivity index (χ2v) is 2.52. The first-order valence-corrected chi connectivity index (χ1v) is 3.47. The zero-order valence-corrected chi connectivity index (χ0v) is 6.29. The zero-order valence-electron chi connectivity index (χ0n) is 6.29. The van der Waals surface area contributed by atoms with Crippen molar-refractivity contribution in [2.75, 3.05) is 0 Å². The van der Waals surface area contributed by atoms with E-state index in [-0.39, 0.29) is 5.82 Å². The lowest BCUT2D eigenvalue weighted by molar-refractivity contribution is 0.194. The van der Waals surface area contributed by atoms with Gasteiger partial charge >= 0.3 is 0 Å². The molecular weight excluding hydrogens is 145 g/mol. The van der Waals surface area contributed by atoms with Crippen LogP contribution in [0.2, 0.25) is 0 Å². The average molecular weight is 155 g/mol. The van der Waals surface area contributed by atoms with E-state index in [1.807, 2.05) is 0 Å². The van der Waals surface area contributed by atoms with Gasteiger partial charge in [-0.2, -0.15) is 0 Å². The van der Waals surface area contributed by atoms with E-state index in [1.165, 1.54) is 18.3 Å². The third kappa shape index (κ3) is 2.63. The average Bonchev–Trinajstić information content (AvgIpc) is 1.85. The van der Waals surface area contributed by atoms with E-state index in [2.05, 4.69) is 4.98 Å². The second kappa shape index (κ2) is 3.44. The molecule has 60 valence electrons. The van der Waals surface area contributed by atoms with Crippen molar-refractivity contribution in [2.24, 2.45) is 0 Å². The van der Waals surface area contributed by atoms with E-state index in [9.17, 15) is 4.39 Å². The predicted molar refractivity (Wildman–Crippen MR) is 39.6 cm³/mol. The number of nitrogens with zero attached hydrogens (tertiary/aromatic N) is 1. The van der Waals surface area contributed by atoms with Gasteiger partial charge < -0.3 is 5.11 Å². The van der Waals surface area contributed by atoms with Gasteiger partial charge in [-0.25, -0.2) is 4.39 Å². The Balaban J connectivity index is 2.71. The van der Waals surface area contributed by atoms with Crippen LogP contribution in [0.1, 0.15) is 12.6 Å². The Kier molecular flexibility index (Phi) is 2.54. The van der Waals surface area contributed by atoms with Crippen LogP contribution in [0.3, 0.4) is 0 Å². The Hall–Kier alpha value is -0.960. The fraction of sp³-hybridized carbons (Fsp3) is 0.375. The van der Waals surface area contributed by atoms with E-state index in [0.717, 1.165) is 0 Å². The third-order valence-electron chi connectivity index (χ3n) is 1.28. The van der Waals surface area contributed by atoms with Gasteiger partial charge in [0, 0.05) is 18.3 Å². The van der Waals surface area contributed by atoms with Gasteiger partial charge in [-0.15, -0.1) is 0 Å². The standard InChI is InChI=1S/C8H10FNO/c1-6(11)4-8-5-7(9)2-3-10-8/h2-3,5-6,11H,4H2,1H3/t6-/m0/s1. The lowest BCUT2D eigenvalue weighted by Gasteiger charge is -2.01. The molecule has 0 saturated carbocycles. The molecule has 0 aliphatic carbocycles. The minimum Gasteiger partial charge on any atom is -0.393 e. The summed E-state index contributed by atoms with van der Waals surface area (Å²) in [5.41, 5.74) is 0.583. The van der Waals surface area contributed by atoms with Gasteiger partial charge in [-0.3, -0.25) is 4.98 Å². The van der Waals surface area contributed by atoms with Gasteiger partial charge in [-0.1, -0.05) is 0 Å². The highest BCUT2D eigenvalue weighted by Crippen LogP contribution is 2.02. The number of aliphatic hydroxyl groups is 1. The Bertz CT molecular complexity index is 237. The fourth-order valence-corrected chi connectivity index (χ4v) is 0.863. The van der Waals surface area contributed by atoms with Crippen LogP contribution in [0.5, 0.6) is 0 Å². The molecule has 0 fully saturated rings. The third-order valence-corrected chi connectivity index (χ3v) is 1.28. The molecule has 11 heavy (non-hydrogen) atoms. The lowest BCUT2D eigenvalue weighted by Crippen LogP contribution is -2.05. The summed E-state index contributed by atoms with van der Waals surface area (Å²) in [6.45, 7) is 1.65. The summed E-state index contributed by atoms with van der Waals surface area (Å²) in [6.07, 6.45) is 1.33. The van der Waals surface area contributed by atoms with E-state index in [0.29, 0.717) is 12.1 Å². The van der Waals surface area contributed by atoms with Gasteiger partial charge in [0.25, 0.3) is 0 Å². The fourth-order valence-electron chi connectivity index (χ4n) is 0.863. The molecule has 0 bridgehead atoms. The first kappa shape index (κ1) is 8.14. The molecule has 0 saturated heterocycles. The molecule has 2 nitrogen and oxygen atoms in total. The second-order valence-electron chi connectivity index (χ2n) is 2.52. The summed E-state index contributed by atoms with van der Waals surface area (Å²) < 4.78 is 12.5. The summed E-state index contributed by atoms with van der Waals surface area (Å²) in [6, 6.07) is 2.61. The van der Waals surface area contributed by atoms with Crippen molar-refractivity contribution in [2.45, 2.75) is 19.4 Å². The number of halogens is 1. The molecule has 0 aliphatic rings. The first-order valence-electron chi connectivity index (χ1n) is 3.47. The highest BCUT2D eigenvalue weighted by atomic mass is 19.1. The maximum Gasteiger partial charge on any atom is 0.126 e. The van der Waals surface area contributed by atoms with E-state index >= 15 is 0 Å². The Morgan fingerprint density at radius 2 is 2.45 bits per heavy atom. The van der Waals surface area contributed by atoms with Gasteiger partial charge in [-0.05, 0) is 19.1 Å². The first-order chi connectivity index (χ1) is 5.18. The molecular formula is C8H10FNO. The van der Waals surface area contributed by atoms with Gasteiger partial charge in [0.2, 0.25) is 0 Å². The van der Waals surface area contributed by atoms with Crippen molar-refractivity contribution >= 4 is 0 Å². The molecule has 1 atom stereocenters. The lowest BCUT2D eigenvalue weighted by atomic mass is 10.2. The Morgan fingerprint density at radius 3 is 3.00 bits per heavy atom. The van der Waals surface area contributed by atoms with Gasteiger partial charge in [0.15, 0.2) is 0 Å². The van der Waals surface area contributed by atoms with Crippen LogP contribution in [0.4, 0.5) is 4.39 Å². The summed E-state index contributed by atoms with van der Waals surface area (Å²) >= 11 is 0. The van der Waals surface area contributed by atoms with Crippen molar-refractivity contribution in [3.63, 3.8) is 0 Å². The summed E-state index contributed by atoms with van der Waals surface area (Å²) in [7, 11) is 0. The molecule has 1 aromatic heterocycles. The van der Waals surface area contributed by atoms with Crippen LogP contribution in [-0.4, -0.2) is 16.2 Å². The normalized spacial score (nSPS) is 13.0. The summed E-state index contributed by atoms with van der Waals surface area (Å²) in [4.78, 5) is 3.88. The van der Waals surface area contributed by atoms with Crippen LogP contribution < -0.4 is 0 Å². The predicted octanol–water partition coefficient (Wildman–Crippen LogP) is 1.14. The number of rotatable bonds is 2. The molecule has 1 aromatic rings. The number of hydrogen-bond donors (Lipinski definition) is 1. The van der Waals surface area contributed by atoms with Crippen molar-refractivity contribution in [1.82, 2.24) is 4.98 Å². The van der Waals surface area contributed by atoms with Crippen LogP contribution in [0.25, 0.3) is 0 Å². The van der Waals surface area contributed by atoms with E-state index in [1.54, 1.807) is 6.92 Å². The molecule has 0 aromatic carbocycles. The minimum atomic E-state index is -0.468. The van der Waals surface area contributed by atoms with Gasteiger partial charge in [0.05, 0.1) is 6.10 Å². The molecule has 3 heteroatoms. The SMILES string of the molecule is C[C@H](O)Cc1cc(F)ccn1. The molecule has 1 rings (SSSR count). The molecule has 1 N–H and O–H groups in total. The maximum atomic E-state index is 12.5. The number of aliphatic hydroxyl groups excluding tert-OH is 1. The molecule has 1 heterocycles. The number of pyridine rings is 1. The monoisotopic (exact) mass is 155 g/mol. The smallest absolute Gasteiger partial charge is 0.126 e. The van der Waals surface area contributed by atoms with Crippen LogP contribution in [0.15, 0.2) is 18.3 Å². The van der Waals surface area contributed by atoms with Crippen molar-refractivity contribution in [3.8, 4) is 0 Å². The van der Waals surface area contributed by atoms with Crippen LogP contribution >= 0.6 is 0 Å². The van der Waals surface area contributed by atoms with Crippen molar-refractivity contribution in [3.05, 3.63) is 29.8 Å². The van der Waals surface area contributed by atoms with Crippen LogP contribution in [0, 0.1) is 5.82 Å². The minimum absolute atomic E-state index is 0.310. The molecule has 0 unspecified atom stereocenters. The topological polar surface area (TPSA) is 33.1 Å². The largest absolute Gasteiger partial charge is 0.393 e. The van der Waals surface area contributed by atoms with E-state index < -0.39 is 6.10 Å². The van der Waals surface area contributed by atoms with Crippen molar-refractivity contribution < 1.29 is 9.50 Å². The van der Waals surface area contributed by atoms with Gasteiger partial charge in [0.1, 0.15) is 5.82 Å². The summed E-state index contributed by atoms with van der Waals surface area (Å²) in [5.74, 6) is -0.310. The number of aromatic nitrogens is 1. The Labute approximate surface area is 64.7 Å². The zero-order chi connectivity index (χ0) is 8.27. The highest BCUT2D eigenvalue weighted by Gasteiger charge is 2.00. The molecule has 0 radical (unpaired) electrons. The van der Waals surface area contributed by atoms with Crippen molar-refractivity contribution in [1.29, 1.82) is 0 Å². The van der Waals surface area contributed by atoms with Crippen LogP contribution in [-0.2, 0) is 6.42 Å². The molecule has 0 spiro atoms. The number of hydrogen-bond acceptors (Lipinski definition) is 2. The Morgan fingerprint density at radius 1 is 1.73 bits per heavy atom. The molecule has 0 aliphatic heterocycles.